The van der Waals surface area contributed by atoms with Crippen LogP contribution in [0.25, 0.3) is 0 Å². The summed E-state index contributed by atoms with van der Waals surface area (Å²) in [5.41, 5.74) is 0. The molecule has 0 aromatic carbocycles. The predicted molar refractivity (Wildman–Crippen MR) is 60.2 cm³/mol. The summed E-state index contributed by atoms with van der Waals surface area (Å²) in [6.07, 6.45) is 2.31. The average molecular weight is 235 g/mol. The molecule has 1 saturated carbocycles. The summed E-state index contributed by atoms with van der Waals surface area (Å²) in [7, 11) is -1.49. The molecule has 1 aliphatic rings. The Morgan fingerprint density at radius 1 is 1.47 bits per heavy atom. The molecule has 0 aliphatic heterocycles. The minimum absolute atomic E-state index is 0.130. The van der Waals surface area contributed by atoms with Crippen molar-refractivity contribution in [2.24, 2.45) is 5.92 Å². The van der Waals surface area contributed by atoms with Gasteiger partial charge < -0.3 is 4.74 Å². The van der Waals surface area contributed by atoms with Crippen LogP contribution in [0.1, 0.15) is 26.7 Å². The molecule has 0 heterocycles. The molecule has 1 aliphatic carbocycles. The van der Waals surface area contributed by atoms with E-state index >= 15 is 0 Å². The van der Waals surface area contributed by atoms with Crippen LogP contribution in [0, 0.1) is 5.92 Å². The molecule has 0 aromatic heterocycles. The van der Waals surface area contributed by atoms with E-state index in [2.05, 4.69) is 0 Å². The van der Waals surface area contributed by atoms with E-state index in [0.717, 1.165) is 12.8 Å². The Bertz CT molecular complexity index is 285. The largest absolute Gasteiger partial charge is 0.383 e. The first-order chi connectivity index (χ1) is 7.03. The summed E-state index contributed by atoms with van der Waals surface area (Å²) in [4.78, 5) is 0. The predicted octanol–water partition coefficient (Wildman–Crippen LogP) is 1.08. The monoisotopic (exact) mass is 235 g/mol. The van der Waals surface area contributed by atoms with Gasteiger partial charge in [-0.05, 0) is 32.6 Å². The fraction of sp³-hybridized carbons (Fsp3) is 1.00. The lowest BCUT2D eigenvalue weighted by atomic mass is 10.2. The minimum atomic E-state index is -3.08. The van der Waals surface area contributed by atoms with Gasteiger partial charge in [-0.2, -0.15) is 4.31 Å². The maximum atomic E-state index is 11.8. The second-order valence-corrected chi connectivity index (χ2v) is 6.29. The van der Waals surface area contributed by atoms with E-state index in [9.17, 15) is 8.42 Å². The van der Waals surface area contributed by atoms with Gasteiger partial charge in [0.2, 0.25) is 10.0 Å². The first-order valence-corrected chi connectivity index (χ1v) is 7.12. The maximum Gasteiger partial charge on any atom is 0.214 e. The molecule has 0 amide bonds. The van der Waals surface area contributed by atoms with Crippen molar-refractivity contribution < 1.29 is 13.2 Å². The van der Waals surface area contributed by atoms with Crippen LogP contribution in [-0.2, 0) is 14.8 Å². The number of ether oxygens (including phenoxy) is 1. The Morgan fingerprint density at radius 3 is 2.47 bits per heavy atom. The normalized spacial score (nSPS) is 19.5. The van der Waals surface area contributed by atoms with Gasteiger partial charge in [0.1, 0.15) is 0 Å². The van der Waals surface area contributed by atoms with Crippen molar-refractivity contribution in [2.45, 2.75) is 32.7 Å². The molecule has 0 bridgehead atoms. The number of sulfonamides is 1. The van der Waals surface area contributed by atoms with Gasteiger partial charge in [-0.25, -0.2) is 8.42 Å². The summed E-state index contributed by atoms with van der Waals surface area (Å²) in [5, 5.41) is 0. The van der Waals surface area contributed by atoms with Crippen LogP contribution < -0.4 is 0 Å². The zero-order valence-electron chi connectivity index (χ0n) is 9.77. The highest BCUT2D eigenvalue weighted by molar-refractivity contribution is 7.89. The van der Waals surface area contributed by atoms with Gasteiger partial charge in [-0.15, -0.1) is 0 Å². The lowest BCUT2D eigenvalue weighted by molar-refractivity contribution is 0.164. The van der Waals surface area contributed by atoms with E-state index in [-0.39, 0.29) is 11.8 Å². The molecule has 0 aromatic rings. The summed E-state index contributed by atoms with van der Waals surface area (Å²) in [5.74, 6) is 0.733. The van der Waals surface area contributed by atoms with Gasteiger partial charge in [-0.3, -0.25) is 0 Å². The topological polar surface area (TPSA) is 46.6 Å². The van der Waals surface area contributed by atoms with Gasteiger partial charge in [-0.1, -0.05) is 0 Å². The second-order valence-electron chi connectivity index (χ2n) is 4.08. The van der Waals surface area contributed by atoms with Gasteiger partial charge in [0.05, 0.1) is 12.4 Å². The highest BCUT2D eigenvalue weighted by atomic mass is 32.2. The molecule has 1 fully saturated rings. The first-order valence-electron chi connectivity index (χ1n) is 5.51. The molecule has 0 N–H and O–H groups in total. The Morgan fingerprint density at radius 2 is 2.07 bits per heavy atom. The number of methoxy groups -OCH3 is 1. The molecule has 4 nitrogen and oxygen atoms in total. The smallest absolute Gasteiger partial charge is 0.214 e. The Labute approximate surface area is 92.7 Å². The molecule has 5 heteroatoms. The molecule has 15 heavy (non-hydrogen) atoms. The summed E-state index contributed by atoms with van der Waals surface area (Å²) in [6, 6.07) is 0.130. The van der Waals surface area contributed by atoms with Crippen molar-refractivity contribution in [2.75, 3.05) is 26.0 Å². The van der Waals surface area contributed by atoms with Gasteiger partial charge in [0.15, 0.2) is 0 Å². The van der Waals surface area contributed by atoms with Crippen LogP contribution in [0.4, 0.5) is 0 Å². The zero-order chi connectivity index (χ0) is 11.5. The van der Waals surface area contributed by atoms with Gasteiger partial charge in [0.25, 0.3) is 0 Å². The quantitative estimate of drug-likeness (QED) is 0.663. The lowest BCUT2D eigenvalue weighted by Crippen LogP contribution is -2.42. The van der Waals surface area contributed by atoms with Crippen LogP contribution >= 0.6 is 0 Å². The standard InChI is InChI=1S/C10H21NO3S/c1-4-15(12,13)11(7-8-14-3)9(2)10-5-6-10/h9-10H,4-8H2,1-3H3. The Balaban J connectivity index is 2.67. The number of hydrogen-bond donors (Lipinski definition) is 0. The fourth-order valence-corrected chi connectivity index (χ4v) is 3.12. The van der Waals surface area contributed by atoms with E-state index in [4.69, 9.17) is 4.74 Å². The summed E-state index contributed by atoms with van der Waals surface area (Å²) < 4.78 is 30.3. The zero-order valence-corrected chi connectivity index (χ0v) is 10.6. The van der Waals surface area contributed by atoms with Crippen LogP contribution in [0.2, 0.25) is 0 Å². The van der Waals surface area contributed by atoms with Crippen LogP contribution in [-0.4, -0.2) is 44.8 Å². The van der Waals surface area contributed by atoms with Crippen LogP contribution in [0.15, 0.2) is 0 Å². The van der Waals surface area contributed by atoms with Crippen LogP contribution in [0.5, 0.6) is 0 Å². The molecule has 0 spiro atoms. The van der Waals surface area contributed by atoms with Crippen molar-refractivity contribution >= 4 is 10.0 Å². The summed E-state index contributed by atoms with van der Waals surface area (Å²) >= 11 is 0. The number of nitrogens with zero attached hydrogens (tertiary/aromatic N) is 1. The van der Waals surface area contributed by atoms with E-state index in [1.165, 1.54) is 0 Å². The number of hydrogen-bond acceptors (Lipinski definition) is 3. The van der Waals surface area contributed by atoms with Gasteiger partial charge in [0, 0.05) is 19.7 Å². The lowest BCUT2D eigenvalue weighted by Gasteiger charge is -2.27. The van der Waals surface area contributed by atoms with Crippen molar-refractivity contribution in [3.05, 3.63) is 0 Å². The van der Waals surface area contributed by atoms with E-state index in [1.807, 2.05) is 6.92 Å². The Kier molecular flexibility index (Phi) is 4.55. The SMILES string of the molecule is CCS(=O)(=O)N(CCOC)C(C)C1CC1. The molecule has 0 saturated heterocycles. The molecule has 1 rings (SSSR count). The third-order valence-corrected chi connectivity index (χ3v) is 4.96. The highest BCUT2D eigenvalue weighted by Crippen LogP contribution is 2.36. The van der Waals surface area contributed by atoms with Gasteiger partial charge >= 0.3 is 0 Å². The van der Waals surface area contributed by atoms with Crippen molar-refractivity contribution in [1.29, 1.82) is 0 Å². The van der Waals surface area contributed by atoms with Crippen molar-refractivity contribution in [1.82, 2.24) is 4.31 Å². The average Bonchev–Trinajstić information content (AvgIpc) is 3.01. The fourth-order valence-electron chi connectivity index (χ4n) is 1.76. The Hall–Kier alpha value is -0.130. The van der Waals surface area contributed by atoms with E-state index < -0.39 is 10.0 Å². The van der Waals surface area contributed by atoms with E-state index in [0.29, 0.717) is 19.1 Å². The molecule has 1 atom stereocenters. The van der Waals surface area contributed by atoms with E-state index in [1.54, 1.807) is 18.3 Å². The summed E-state index contributed by atoms with van der Waals surface area (Å²) in [6.45, 7) is 4.63. The van der Waals surface area contributed by atoms with Crippen molar-refractivity contribution in [3.63, 3.8) is 0 Å². The molecular weight excluding hydrogens is 214 g/mol. The van der Waals surface area contributed by atoms with Crippen molar-refractivity contribution in [3.8, 4) is 0 Å². The molecule has 1 unspecified atom stereocenters. The third kappa shape index (κ3) is 3.43. The minimum Gasteiger partial charge on any atom is -0.383 e. The molecular formula is C10H21NO3S. The second kappa shape index (κ2) is 5.27. The molecule has 90 valence electrons. The number of rotatable bonds is 7. The molecule has 0 radical (unpaired) electrons. The highest BCUT2D eigenvalue weighted by Gasteiger charge is 2.36. The maximum absolute atomic E-state index is 11.8. The first kappa shape index (κ1) is 12.9. The van der Waals surface area contributed by atoms with Crippen LogP contribution in [0.3, 0.4) is 0 Å². The third-order valence-electron chi connectivity index (χ3n) is 3.00.